The summed E-state index contributed by atoms with van der Waals surface area (Å²) in [6.45, 7) is 15.1. The number of carbonyl (C=O) groups excluding carboxylic acids is 3. The van der Waals surface area contributed by atoms with E-state index < -0.39 is 36.7 Å². The molecule has 60 heavy (non-hydrogen) atoms. The molecule has 0 spiro atoms. The molecule has 0 unspecified atom stereocenters. The molecule has 3 saturated carbocycles. The molecule has 324 valence electrons. The maximum atomic E-state index is 14.5. The molecule has 3 aromatic rings. The van der Waals surface area contributed by atoms with Crippen LogP contribution >= 0.6 is 0 Å². The third-order valence-corrected chi connectivity index (χ3v) is 12.8. The Morgan fingerprint density at radius 1 is 0.767 bits per heavy atom. The molecule has 13 heteroatoms. The van der Waals surface area contributed by atoms with Crippen molar-refractivity contribution in [3.05, 3.63) is 77.9 Å². The zero-order valence-corrected chi connectivity index (χ0v) is 37.0. The molecule has 0 aromatic heterocycles. The van der Waals surface area contributed by atoms with Crippen molar-refractivity contribution in [2.75, 3.05) is 21.3 Å². The lowest BCUT2D eigenvalue weighted by molar-refractivity contribution is -0.199. The SMILES string of the molecule is COc1ccc(C[C@H](NC(=O)Cc2cccc(Oc3ccccc3)c2)C(=O)N[C@@H](CC(C)C)C(=O)N[C@H](CC(C)C)B2O[C@@H]3C[C@@H]4C[C@@H](C4(C)C)[C@]3(C)O2)c(OC)c1OC. The lowest BCUT2D eigenvalue weighted by Crippen LogP contribution is -2.65. The Balaban J connectivity index is 1.22. The standard InChI is InChI=1S/C47H64BN3O9/c1-28(2)21-35(45(54)51-40(22-29(3)4)48-59-39-27-32-26-38(46(32,5)6)47(39,7)60-48)50-44(53)36(25-31-19-20-37(55-8)43(57-10)42(31)56-9)49-41(52)24-30-15-14-18-34(23-30)58-33-16-12-11-13-17-33/h11-20,23,28-29,32,35-36,38-40H,21-22,24-27H2,1-10H3,(H,49,52)(H,50,53)(H,51,54)/t32-,35-,36-,38-,39+,40+,47-/m0/s1. The summed E-state index contributed by atoms with van der Waals surface area (Å²) in [4.78, 5) is 42.8. The van der Waals surface area contributed by atoms with Gasteiger partial charge in [0.1, 0.15) is 23.6 Å². The Labute approximate surface area is 356 Å². The van der Waals surface area contributed by atoms with Gasteiger partial charge in [0.25, 0.3) is 0 Å². The van der Waals surface area contributed by atoms with Gasteiger partial charge >= 0.3 is 7.12 Å². The maximum absolute atomic E-state index is 14.5. The first-order chi connectivity index (χ1) is 28.6. The number of hydrogen-bond donors (Lipinski definition) is 3. The second kappa shape index (κ2) is 18.9. The Morgan fingerprint density at radius 2 is 1.45 bits per heavy atom. The van der Waals surface area contributed by atoms with Crippen LogP contribution in [0.2, 0.25) is 0 Å². The zero-order chi connectivity index (χ0) is 43.4. The lowest BCUT2D eigenvalue weighted by atomic mass is 9.43. The van der Waals surface area contributed by atoms with E-state index in [4.69, 9.17) is 28.3 Å². The van der Waals surface area contributed by atoms with Crippen LogP contribution in [0.3, 0.4) is 0 Å². The van der Waals surface area contributed by atoms with Gasteiger partial charge in [0.15, 0.2) is 11.5 Å². The van der Waals surface area contributed by atoms with Gasteiger partial charge in [-0.15, -0.1) is 0 Å². The highest BCUT2D eigenvalue weighted by Crippen LogP contribution is 2.65. The fraction of sp³-hybridized carbons (Fsp3) is 0.553. The first kappa shape index (κ1) is 44.8. The van der Waals surface area contributed by atoms with E-state index in [-0.39, 0.29) is 48.0 Å². The van der Waals surface area contributed by atoms with Crippen LogP contribution in [-0.2, 0) is 36.5 Å². The molecule has 2 bridgehead atoms. The number of ether oxygens (including phenoxy) is 4. The summed E-state index contributed by atoms with van der Waals surface area (Å²) in [5, 5.41) is 9.25. The summed E-state index contributed by atoms with van der Waals surface area (Å²) < 4.78 is 36.4. The van der Waals surface area contributed by atoms with Crippen molar-refractivity contribution in [1.82, 2.24) is 16.0 Å². The van der Waals surface area contributed by atoms with Crippen LogP contribution in [0.25, 0.3) is 0 Å². The summed E-state index contributed by atoms with van der Waals surface area (Å²) in [5.41, 5.74) is 1.05. The molecular formula is C47H64BN3O9. The summed E-state index contributed by atoms with van der Waals surface area (Å²) in [5.74, 6) is 2.04. The second-order valence-corrected chi connectivity index (χ2v) is 18.3. The van der Waals surface area contributed by atoms with Crippen molar-refractivity contribution in [2.24, 2.45) is 29.1 Å². The van der Waals surface area contributed by atoms with Gasteiger partial charge < -0.3 is 44.2 Å². The molecule has 3 amide bonds. The van der Waals surface area contributed by atoms with Gasteiger partial charge in [-0.3, -0.25) is 14.4 Å². The van der Waals surface area contributed by atoms with Crippen molar-refractivity contribution >= 4 is 24.8 Å². The fourth-order valence-corrected chi connectivity index (χ4v) is 9.60. The summed E-state index contributed by atoms with van der Waals surface area (Å²) in [7, 11) is 3.93. The van der Waals surface area contributed by atoms with Crippen LogP contribution in [0, 0.1) is 29.1 Å². The highest BCUT2D eigenvalue weighted by atomic mass is 16.7. The van der Waals surface area contributed by atoms with Gasteiger partial charge in [-0.2, -0.15) is 0 Å². The molecular weight excluding hydrogens is 761 g/mol. The molecule has 1 heterocycles. The minimum Gasteiger partial charge on any atom is -0.493 e. The van der Waals surface area contributed by atoms with Crippen LogP contribution in [0.1, 0.15) is 85.3 Å². The van der Waals surface area contributed by atoms with Crippen molar-refractivity contribution in [1.29, 1.82) is 0 Å². The molecule has 1 saturated heterocycles. The van der Waals surface area contributed by atoms with E-state index in [0.717, 1.165) is 12.8 Å². The number of para-hydroxylation sites is 1. The average Bonchev–Trinajstić information content (AvgIpc) is 3.57. The Hall–Kier alpha value is -4.75. The van der Waals surface area contributed by atoms with Gasteiger partial charge in [0.05, 0.1) is 45.4 Å². The molecule has 3 N–H and O–H groups in total. The van der Waals surface area contributed by atoms with Crippen molar-refractivity contribution in [3.63, 3.8) is 0 Å². The van der Waals surface area contributed by atoms with E-state index in [1.54, 1.807) is 18.2 Å². The number of benzene rings is 3. The van der Waals surface area contributed by atoms with E-state index in [9.17, 15) is 14.4 Å². The van der Waals surface area contributed by atoms with Crippen LogP contribution in [-0.4, -0.2) is 75.9 Å². The van der Waals surface area contributed by atoms with Gasteiger partial charge in [-0.05, 0) is 97.6 Å². The van der Waals surface area contributed by atoms with Crippen molar-refractivity contribution in [3.8, 4) is 28.7 Å². The van der Waals surface area contributed by atoms with Gasteiger partial charge in [0.2, 0.25) is 23.5 Å². The smallest absolute Gasteiger partial charge is 0.481 e. The third-order valence-electron chi connectivity index (χ3n) is 12.8. The zero-order valence-electron chi connectivity index (χ0n) is 37.0. The predicted molar refractivity (Wildman–Crippen MR) is 231 cm³/mol. The molecule has 7 atom stereocenters. The third kappa shape index (κ3) is 9.89. The van der Waals surface area contributed by atoms with E-state index in [0.29, 0.717) is 64.6 Å². The van der Waals surface area contributed by atoms with Crippen LogP contribution in [0.4, 0.5) is 0 Å². The Kier molecular flexibility index (Phi) is 14.1. The molecule has 1 aliphatic heterocycles. The number of rotatable bonds is 19. The summed E-state index contributed by atoms with van der Waals surface area (Å²) in [6.07, 6.45) is 3.05. The first-order valence-corrected chi connectivity index (χ1v) is 21.4. The van der Waals surface area contributed by atoms with Gasteiger partial charge in [0, 0.05) is 12.0 Å². The highest BCUT2D eigenvalue weighted by molar-refractivity contribution is 6.48. The Bertz CT molecular complexity index is 1980. The summed E-state index contributed by atoms with van der Waals surface area (Å²) in [6, 6.07) is 18.2. The molecule has 0 radical (unpaired) electrons. The number of nitrogens with one attached hydrogen (secondary N) is 3. The number of amides is 3. The normalized spacial score (nSPS) is 22.8. The van der Waals surface area contributed by atoms with Gasteiger partial charge in [-0.25, -0.2) is 0 Å². The molecule has 4 aliphatic rings. The van der Waals surface area contributed by atoms with E-state index in [1.165, 1.54) is 21.3 Å². The molecule has 3 aliphatic carbocycles. The molecule has 12 nitrogen and oxygen atoms in total. The van der Waals surface area contributed by atoms with E-state index in [2.05, 4.69) is 50.6 Å². The minimum atomic E-state index is -1.10. The average molecular weight is 826 g/mol. The van der Waals surface area contributed by atoms with E-state index in [1.807, 2.05) is 62.4 Å². The van der Waals surface area contributed by atoms with Crippen LogP contribution in [0.5, 0.6) is 28.7 Å². The highest BCUT2D eigenvalue weighted by Gasteiger charge is 2.68. The largest absolute Gasteiger partial charge is 0.493 e. The number of methoxy groups -OCH3 is 3. The maximum Gasteiger partial charge on any atom is 0.481 e. The second-order valence-electron chi connectivity index (χ2n) is 18.3. The van der Waals surface area contributed by atoms with Crippen LogP contribution in [0.15, 0.2) is 66.7 Å². The number of hydrogen-bond acceptors (Lipinski definition) is 9. The van der Waals surface area contributed by atoms with E-state index >= 15 is 0 Å². The monoisotopic (exact) mass is 825 g/mol. The molecule has 4 fully saturated rings. The summed E-state index contributed by atoms with van der Waals surface area (Å²) >= 11 is 0. The van der Waals surface area contributed by atoms with Crippen molar-refractivity contribution < 1.29 is 42.6 Å². The Morgan fingerprint density at radius 3 is 2.10 bits per heavy atom. The topological polar surface area (TPSA) is 143 Å². The first-order valence-electron chi connectivity index (χ1n) is 21.4. The minimum absolute atomic E-state index is 0.0221. The number of carbonyl (C=O) groups is 3. The predicted octanol–water partition coefficient (Wildman–Crippen LogP) is 7.10. The van der Waals surface area contributed by atoms with Gasteiger partial charge in [-0.1, -0.05) is 77.9 Å². The lowest BCUT2D eigenvalue weighted by Gasteiger charge is -2.64. The molecule has 3 aromatic carbocycles. The van der Waals surface area contributed by atoms with Crippen molar-refractivity contribution in [2.45, 2.75) is 117 Å². The quantitative estimate of drug-likeness (QED) is 0.108. The molecule has 7 rings (SSSR count). The fourth-order valence-electron chi connectivity index (χ4n) is 9.60. The van der Waals surface area contributed by atoms with Crippen LogP contribution < -0.4 is 34.9 Å².